The van der Waals surface area contributed by atoms with Crippen molar-refractivity contribution in [2.24, 2.45) is 0 Å². The Morgan fingerprint density at radius 2 is 1.71 bits per heavy atom. The predicted molar refractivity (Wildman–Crippen MR) is 135 cm³/mol. The highest BCUT2D eigenvalue weighted by Crippen LogP contribution is 2.35. The molecule has 1 fully saturated rings. The van der Waals surface area contributed by atoms with Gasteiger partial charge in [-0.3, -0.25) is 4.79 Å². The van der Waals surface area contributed by atoms with Gasteiger partial charge in [0.2, 0.25) is 5.91 Å². The lowest BCUT2D eigenvalue weighted by atomic mass is 10.1. The van der Waals surface area contributed by atoms with Crippen molar-refractivity contribution in [3.05, 3.63) is 84.4 Å². The number of piperazine rings is 1. The van der Waals surface area contributed by atoms with E-state index in [1.807, 2.05) is 41.3 Å². The maximum atomic E-state index is 13.3. The minimum atomic E-state index is -0.000907. The van der Waals surface area contributed by atoms with Gasteiger partial charge >= 0.3 is 0 Å². The molecule has 3 aromatic carbocycles. The van der Waals surface area contributed by atoms with E-state index in [9.17, 15) is 4.79 Å². The van der Waals surface area contributed by atoms with E-state index >= 15 is 0 Å². The fraction of sp³-hybridized carbons (Fsp3) is 0.321. The average molecular weight is 458 g/mol. The molecule has 0 N–H and O–H groups in total. The topological polar surface area (TPSA) is 45.3 Å². The first kappa shape index (κ1) is 22.1. The summed E-state index contributed by atoms with van der Waals surface area (Å²) in [4.78, 5) is 20.0. The molecular formula is C28H31N3O3. The highest BCUT2D eigenvalue weighted by atomic mass is 16.5. The van der Waals surface area contributed by atoms with Crippen LogP contribution in [0.15, 0.2) is 78.9 Å². The first-order chi connectivity index (χ1) is 16.7. The minimum absolute atomic E-state index is 0.000907. The largest absolute Gasteiger partial charge is 0.497 e. The molecule has 0 aromatic heterocycles. The Morgan fingerprint density at radius 3 is 2.50 bits per heavy atom. The van der Waals surface area contributed by atoms with Gasteiger partial charge < -0.3 is 24.2 Å². The molecule has 0 spiro atoms. The second-order valence-corrected chi connectivity index (χ2v) is 8.82. The number of benzene rings is 3. The third-order valence-electron chi connectivity index (χ3n) is 6.70. The van der Waals surface area contributed by atoms with Crippen molar-refractivity contribution in [2.75, 3.05) is 49.7 Å². The van der Waals surface area contributed by atoms with Gasteiger partial charge in [0.1, 0.15) is 18.1 Å². The van der Waals surface area contributed by atoms with Crippen molar-refractivity contribution in [1.82, 2.24) is 4.90 Å². The summed E-state index contributed by atoms with van der Waals surface area (Å²) in [5, 5.41) is 0. The van der Waals surface area contributed by atoms with Crippen LogP contribution < -0.4 is 19.3 Å². The maximum Gasteiger partial charge on any atom is 0.224 e. The van der Waals surface area contributed by atoms with Gasteiger partial charge in [0.25, 0.3) is 0 Å². The van der Waals surface area contributed by atoms with Crippen LogP contribution in [-0.4, -0.2) is 56.7 Å². The first-order valence-corrected chi connectivity index (χ1v) is 11.9. The number of ether oxygens (including phenoxy) is 2. The fourth-order valence-electron chi connectivity index (χ4n) is 4.80. The molecule has 1 unspecified atom stereocenters. The zero-order valence-corrected chi connectivity index (χ0v) is 19.6. The summed E-state index contributed by atoms with van der Waals surface area (Å²) in [5.41, 5.74) is 3.42. The average Bonchev–Trinajstić information content (AvgIpc) is 2.90. The summed E-state index contributed by atoms with van der Waals surface area (Å²) in [6.07, 6.45) is 0.445. The number of hydrogen-bond acceptors (Lipinski definition) is 5. The summed E-state index contributed by atoms with van der Waals surface area (Å²) in [6, 6.07) is 26.6. The number of fused-ring (bicyclic) bond motifs is 1. The third kappa shape index (κ3) is 4.81. The van der Waals surface area contributed by atoms with E-state index in [1.54, 1.807) is 7.11 Å². The van der Waals surface area contributed by atoms with Gasteiger partial charge in [-0.05, 0) is 29.8 Å². The quantitative estimate of drug-likeness (QED) is 0.555. The number of methoxy groups -OCH3 is 1. The maximum absolute atomic E-state index is 13.3. The van der Waals surface area contributed by atoms with E-state index in [0.29, 0.717) is 13.0 Å². The summed E-state index contributed by atoms with van der Waals surface area (Å²) >= 11 is 0. The molecule has 6 heteroatoms. The Morgan fingerprint density at radius 1 is 0.941 bits per heavy atom. The Balaban J connectivity index is 1.25. The van der Waals surface area contributed by atoms with Crippen LogP contribution in [0.1, 0.15) is 12.0 Å². The molecule has 6 nitrogen and oxygen atoms in total. The van der Waals surface area contributed by atoms with Crippen LogP contribution in [0.3, 0.4) is 0 Å². The molecule has 1 atom stereocenters. The fourth-order valence-corrected chi connectivity index (χ4v) is 4.80. The van der Waals surface area contributed by atoms with E-state index in [-0.39, 0.29) is 11.9 Å². The smallest absolute Gasteiger partial charge is 0.224 e. The summed E-state index contributed by atoms with van der Waals surface area (Å²) in [5.74, 6) is 1.93. The Hall–Kier alpha value is -3.67. The van der Waals surface area contributed by atoms with Gasteiger partial charge in [-0.1, -0.05) is 48.5 Å². The third-order valence-corrected chi connectivity index (χ3v) is 6.70. The minimum Gasteiger partial charge on any atom is -0.497 e. The van der Waals surface area contributed by atoms with E-state index < -0.39 is 0 Å². The van der Waals surface area contributed by atoms with E-state index in [0.717, 1.165) is 55.6 Å². The molecule has 2 aliphatic rings. The molecular weight excluding hydrogens is 426 g/mol. The molecule has 1 amide bonds. The molecule has 176 valence electrons. The zero-order valence-electron chi connectivity index (χ0n) is 19.6. The number of carbonyl (C=O) groups excluding carboxylic acids is 1. The SMILES string of the molecule is COc1cccc(N2CCN(C(=O)CC3COc4ccccc4N3Cc3ccccc3)CC2)c1. The molecule has 2 aliphatic heterocycles. The number of para-hydroxylation sites is 2. The highest BCUT2D eigenvalue weighted by Gasteiger charge is 2.31. The standard InChI is InChI=1S/C28H31N3O3/c1-33-25-11-7-10-23(18-25)29-14-16-30(17-15-29)28(32)19-24-21-34-27-13-6-5-12-26(27)31(24)20-22-8-3-2-4-9-22/h2-13,18,24H,14-17,19-21H2,1H3. The van der Waals surface area contributed by atoms with Crippen molar-refractivity contribution >= 4 is 17.3 Å². The monoisotopic (exact) mass is 457 g/mol. The van der Waals surface area contributed by atoms with Crippen molar-refractivity contribution in [2.45, 2.75) is 19.0 Å². The van der Waals surface area contributed by atoms with Crippen molar-refractivity contribution in [1.29, 1.82) is 0 Å². The number of carbonyl (C=O) groups is 1. The lowest BCUT2D eigenvalue weighted by Gasteiger charge is -2.40. The van der Waals surface area contributed by atoms with Gasteiger partial charge in [-0.25, -0.2) is 0 Å². The molecule has 0 aliphatic carbocycles. The van der Waals surface area contributed by atoms with Crippen LogP contribution >= 0.6 is 0 Å². The summed E-state index contributed by atoms with van der Waals surface area (Å²) in [6.45, 7) is 4.34. The number of anilines is 2. The van der Waals surface area contributed by atoms with E-state index in [1.165, 1.54) is 5.56 Å². The van der Waals surface area contributed by atoms with Crippen molar-refractivity contribution in [3.8, 4) is 11.5 Å². The zero-order chi connectivity index (χ0) is 23.3. The molecule has 0 saturated carbocycles. The van der Waals surface area contributed by atoms with Crippen LogP contribution in [-0.2, 0) is 11.3 Å². The van der Waals surface area contributed by atoms with Gasteiger partial charge in [0, 0.05) is 44.5 Å². The Kier molecular flexibility index (Phi) is 6.56. The van der Waals surface area contributed by atoms with Crippen LogP contribution in [0.4, 0.5) is 11.4 Å². The lowest BCUT2D eigenvalue weighted by Crippen LogP contribution is -2.51. The van der Waals surface area contributed by atoms with Gasteiger partial charge in [0.15, 0.2) is 0 Å². The Labute approximate surface area is 201 Å². The molecule has 0 radical (unpaired) electrons. The number of amides is 1. The highest BCUT2D eigenvalue weighted by molar-refractivity contribution is 5.78. The van der Waals surface area contributed by atoms with Crippen molar-refractivity contribution in [3.63, 3.8) is 0 Å². The molecule has 3 aromatic rings. The normalized spacial score (nSPS) is 17.7. The number of nitrogens with zero attached hydrogens (tertiary/aromatic N) is 3. The first-order valence-electron chi connectivity index (χ1n) is 11.9. The van der Waals surface area contributed by atoms with Crippen molar-refractivity contribution < 1.29 is 14.3 Å². The lowest BCUT2D eigenvalue weighted by molar-refractivity contribution is -0.132. The molecule has 34 heavy (non-hydrogen) atoms. The summed E-state index contributed by atoms with van der Waals surface area (Å²) < 4.78 is 11.4. The number of rotatable bonds is 6. The Bertz CT molecular complexity index is 1110. The van der Waals surface area contributed by atoms with Gasteiger partial charge in [-0.2, -0.15) is 0 Å². The number of hydrogen-bond donors (Lipinski definition) is 0. The van der Waals surface area contributed by atoms with Gasteiger partial charge in [-0.15, -0.1) is 0 Å². The second-order valence-electron chi connectivity index (χ2n) is 8.82. The van der Waals surface area contributed by atoms with Crippen LogP contribution in [0, 0.1) is 0 Å². The molecule has 2 heterocycles. The van der Waals surface area contributed by atoms with Crippen LogP contribution in [0.2, 0.25) is 0 Å². The summed E-state index contributed by atoms with van der Waals surface area (Å²) in [7, 11) is 1.68. The second kappa shape index (κ2) is 10.1. The molecule has 1 saturated heterocycles. The van der Waals surface area contributed by atoms with Crippen LogP contribution in [0.25, 0.3) is 0 Å². The van der Waals surface area contributed by atoms with E-state index in [4.69, 9.17) is 9.47 Å². The van der Waals surface area contributed by atoms with Crippen LogP contribution in [0.5, 0.6) is 11.5 Å². The predicted octanol–water partition coefficient (Wildman–Crippen LogP) is 4.20. The van der Waals surface area contributed by atoms with Gasteiger partial charge in [0.05, 0.1) is 25.3 Å². The van der Waals surface area contributed by atoms with E-state index in [2.05, 4.69) is 52.3 Å². The molecule has 5 rings (SSSR count). The molecule has 0 bridgehead atoms.